The topological polar surface area (TPSA) is 56.4 Å². The first kappa shape index (κ1) is 13.8. The monoisotopic (exact) mass is 264 g/mol. The Labute approximate surface area is 113 Å². The summed E-state index contributed by atoms with van der Waals surface area (Å²) < 4.78 is 13.8. The Hall–Kier alpha value is -1.62. The van der Waals surface area contributed by atoms with Crippen molar-refractivity contribution in [2.45, 2.75) is 19.9 Å². The molecule has 1 aromatic rings. The van der Waals surface area contributed by atoms with E-state index in [1.807, 2.05) is 6.07 Å². The summed E-state index contributed by atoms with van der Waals surface area (Å²) in [4.78, 5) is 4.50. The van der Waals surface area contributed by atoms with Crippen molar-refractivity contribution in [3.63, 3.8) is 0 Å². The van der Waals surface area contributed by atoms with Gasteiger partial charge in [-0.15, -0.1) is 0 Å². The number of nitrogens with one attached hydrogen (secondary N) is 1. The predicted molar refractivity (Wildman–Crippen MR) is 76.3 cm³/mol. The Morgan fingerprint density at radius 2 is 1.89 bits per heavy atom. The number of nitrogens with two attached hydrogens (primary N) is 1. The maximum absolute atomic E-state index is 13.8. The molecule has 1 heterocycles. The molecule has 0 radical (unpaired) electrons. The molecule has 0 amide bonds. The number of halogens is 1. The molecule has 0 aromatic heterocycles. The van der Waals surface area contributed by atoms with Crippen LogP contribution >= 0.6 is 0 Å². The molecule has 1 aliphatic rings. The van der Waals surface area contributed by atoms with E-state index in [9.17, 15) is 4.39 Å². The van der Waals surface area contributed by atoms with Gasteiger partial charge < -0.3 is 10.6 Å². The molecule has 3 N–H and O–H groups in total. The maximum atomic E-state index is 13.8. The van der Waals surface area contributed by atoms with Crippen LogP contribution in [0, 0.1) is 11.2 Å². The van der Waals surface area contributed by atoms with Crippen molar-refractivity contribution in [1.29, 1.82) is 5.41 Å². The van der Waals surface area contributed by atoms with E-state index in [-0.39, 0.29) is 11.4 Å². The number of hydrogen-bond donors (Lipinski definition) is 2. The molecule has 19 heavy (non-hydrogen) atoms. The van der Waals surface area contributed by atoms with Crippen molar-refractivity contribution in [2.24, 2.45) is 5.73 Å². The van der Waals surface area contributed by atoms with Gasteiger partial charge in [-0.1, -0.05) is 6.07 Å². The lowest BCUT2D eigenvalue weighted by molar-refractivity contribution is 0.209. The number of nitrogen functional groups attached to an aromatic ring is 1. The van der Waals surface area contributed by atoms with Crippen LogP contribution in [-0.4, -0.2) is 43.0 Å². The van der Waals surface area contributed by atoms with Crippen LogP contribution in [0.1, 0.15) is 19.4 Å². The van der Waals surface area contributed by atoms with Gasteiger partial charge in [0.25, 0.3) is 0 Å². The summed E-state index contributed by atoms with van der Waals surface area (Å²) in [7, 11) is 0. The van der Waals surface area contributed by atoms with E-state index >= 15 is 0 Å². The summed E-state index contributed by atoms with van der Waals surface area (Å²) in [5, 5.41) is 7.54. The highest BCUT2D eigenvalue weighted by atomic mass is 19.1. The second kappa shape index (κ2) is 5.57. The van der Waals surface area contributed by atoms with Crippen LogP contribution in [0.5, 0.6) is 0 Å². The van der Waals surface area contributed by atoms with Crippen molar-refractivity contribution < 1.29 is 4.39 Å². The Morgan fingerprint density at radius 1 is 1.26 bits per heavy atom. The molecule has 5 heteroatoms. The van der Waals surface area contributed by atoms with Crippen LogP contribution in [0.3, 0.4) is 0 Å². The number of amidine groups is 1. The Bertz CT molecular complexity index is 465. The molecule has 1 aromatic carbocycles. The average molecular weight is 264 g/mol. The highest BCUT2D eigenvalue weighted by Crippen LogP contribution is 2.24. The lowest BCUT2D eigenvalue weighted by Gasteiger charge is -2.38. The van der Waals surface area contributed by atoms with E-state index in [2.05, 4.69) is 23.6 Å². The minimum Gasteiger partial charge on any atom is -0.384 e. The van der Waals surface area contributed by atoms with Gasteiger partial charge in [0, 0.05) is 32.2 Å². The van der Waals surface area contributed by atoms with Crippen molar-refractivity contribution >= 4 is 11.5 Å². The minimum atomic E-state index is -0.420. The molecular formula is C14H21FN4. The minimum absolute atomic E-state index is 0.209. The molecule has 0 atom stereocenters. The molecule has 104 valence electrons. The third kappa shape index (κ3) is 2.87. The van der Waals surface area contributed by atoms with Crippen LogP contribution in [0.2, 0.25) is 0 Å². The third-order valence-corrected chi connectivity index (χ3v) is 3.65. The zero-order valence-electron chi connectivity index (χ0n) is 11.5. The van der Waals surface area contributed by atoms with Crippen LogP contribution < -0.4 is 10.6 Å². The van der Waals surface area contributed by atoms with Crippen molar-refractivity contribution in [2.75, 3.05) is 31.1 Å². The molecule has 4 nitrogen and oxygen atoms in total. The highest BCUT2D eigenvalue weighted by molar-refractivity contribution is 6.00. The lowest BCUT2D eigenvalue weighted by Crippen LogP contribution is -2.49. The SMILES string of the molecule is CC(C)N1CCN(c2cccc(F)c2C(=N)N)CC1. The Balaban J connectivity index is 2.20. The summed E-state index contributed by atoms with van der Waals surface area (Å²) in [5.41, 5.74) is 6.46. The summed E-state index contributed by atoms with van der Waals surface area (Å²) in [6.45, 7) is 7.93. The fourth-order valence-electron chi connectivity index (χ4n) is 2.52. The predicted octanol–water partition coefficient (Wildman–Crippen LogP) is 1.64. The first-order valence-corrected chi connectivity index (χ1v) is 6.62. The smallest absolute Gasteiger partial charge is 0.136 e. The van der Waals surface area contributed by atoms with Crippen molar-refractivity contribution in [1.82, 2.24) is 4.90 Å². The van der Waals surface area contributed by atoms with Crippen LogP contribution in [-0.2, 0) is 0 Å². The normalized spacial score (nSPS) is 16.9. The zero-order chi connectivity index (χ0) is 14.0. The molecule has 1 saturated heterocycles. The second-order valence-electron chi connectivity index (χ2n) is 5.16. The number of piperazine rings is 1. The molecule has 0 unspecified atom stereocenters. The number of benzene rings is 1. The van der Waals surface area contributed by atoms with Crippen molar-refractivity contribution in [3.05, 3.63) is 29.6 Å². The fourth-order valence-corrected chi connectivity index (χ4v) is 2.52. The van der Waals surface area contributed by atoms with Gasteiger partial charge in [0.1, 0.15) is 11.7 Å². The zero-order valence-corrected chi connectivity index (χ0v) is 11.5. The van der Waals surface area contributed by atoms with E-state index in [4.69, 9.17) is 11.1 Å². The molecule has 0 spiro atoms. The molecule has 0 aliphatic carbocycles. The standard InChI is InChI=1S/C14H21FN4/c1-10(2)18-6-8-19(9-7-18)12-5-3-4-11(15)13(12)14(16)17/h3-5,10H,6-9H2,1-2H3,(H3,16,17). The first-order chi connectivity index (χ1) is 9.00. The molecule has 2 rings (SSSR count). The van der Waals surface area contributed by atoms with E-state index in [0.29, 0.717) is 6.04 Å². The van der Waals surface area contributed by atoms with Gasteiger partial charge in [0.05, 0.1) is 11.3 Å². The third-order valence-electron chi connectivity index (χ3n) is 3.65. The summed E-state index contributed by atoms with van der Waals surface area (Å²) in [6.07, 6.45) is 0. The van der Waals surface area contributed by atoms with Gasteiger partial charge in [-0.3, -0.25) is 10.3 Å². The van der Waals surface area contributed by atoms with E-state index < -0.39 is 5.82 Å². The molecular weight excluding hydrogens is 243 g/mol. The average Bonchev–Trinajstić information content (AvgIpc) is 2.38. The molecule has 0 saturated carbocycles. The number of nitrogens with zero attached hydrogens (tertiary/aromatic N) is 2. The first-order valence-electron chi connectivity index (χ1n) is 6.62. The quantitative estimate of drug-likeness (QED) is 0.644. The van der Waals surface area contributed by atoms with E-state index in [1.54, 1.807) is 6.07 Å². The van der Waals surface area contributed by atoms with E-state index in [1.165, 1.54) is 6.07 Å². The highest BCUT2D eigenvalue weighted by Gasteiger charge is 2.22. The largest absolute Gasteiger partial charge is 0.384 e. The summed E-state index contributed by atoms with van der Waals surface area (Å²) in [5.74, 6) is -0.629. The number of hydrogen-bond acceptors (Lipinski definition) is 3. The van der Waals surface area contributed by atoms with Crippen LogP contribution in [0.25, 0.3) is 0 Å². The van der Waals surface area contributed by atoms with Crippen LogP contribution in [0.15, 0.2) is 18.2 Å². The summed E-state index contributed by atoms with van der Waals surface area (Å²) >= 11 is 0. The van der Waals surface area contributed by atoms with Gasteiger partial charge in [0.15, 0.2) is 0 Å². The van der Waals surface area contributed by atoms with Crippen LogP contribution in [0.4, 0.5) is 10.1 Å². The lowest BCUT2D eigenvalue weighted by atomic mass is 10.1. The Morgan fingerprint density at radius 3 is 2.42 bits per heavy atom. The molecule has 1 fully saturated rings. The summed E-state index contributed by atoms with van der Waals surface area (Å²) in [6, 6.07) is 5.39. The molecule has 1 aliphatic heterocycles. The second-order valence-corrected chi connectivity index (χ2v) is 5.16. The van der Waals surface area contributed by atoms with Gasteiger partial charge >= 0.3 is 0 Å². The van der Waals surface area contributed by atoms with Gasteiger partial charge in [-0.25, -0.2) is 4.39 Å². The van der Waals surface area contributed by atoms with Gasteiger partial charge in [0.2, 0.25) is 0 Å². The maximum Gasteiger partial charge on any atom is 0.136 e. The van der Waals surface area contributed by atoms with Gasteiger partial charge in [-0.2, -0.15) is 0 Å². The van der Waals surface area contributed by atoms with Gasteiger partial charge in [-0.05, 0) is 26.0 Å². The Kier molecular flexibility index (Phi) is 4.04. The number of anilines is 1. The van der Waals surface area contributed by atoms with Crippen molar-refractivity contribution in [3.8, 4) is 0 Å². The number of rotatable bonds is 3. The fraction of sp³-hybridized carbons (Fsp3) is 0.500. The van der Waals surface area contributed by atoms with E-state index in [0.717, 1.165) is 31.9 Å². The molecule has 0 bridgehead atoms.